The predicted octanol–water partition coefficient (Wildman–Crippen LogP) is 4.47. The van der Waals surface area contributed by atoms with Crippen LogP contribution in [0.25, 0.3) is 12.2 Å². The van der Waals surface area contributed by atoms with Crippen LogP contribution >= 0.6 is 0 Å². The molecule has 8 nitrogen and oxygen atoms in total. The molecular weight excluding hydrogens is 444 g/mol. The number of aryl methyl sites for hydroxylation is 1. The molecule has 0 aliphatic rings. The monoisotopic (exact) mass is 480 g/mol. The Hall–Kier alpha value is -3.46. The van der Waals surface area contributed by atoms with E-state index in [9.17, 15) is 15.3 Å². The van der Waals surface area contributed by atoms with Gasteiger partial charge in [-0.1, -0.05) is 57.2 Å². The maximum atomic E-state index is 10.5. The number of rotatable bonds is 10. The number of hydrogen-bond acceptors (Lipinski definition) is 8. The van der Waals surface area contributed by atoms with Gasteiger partial charge >= 0.3 is 0 Å². The van der Waals surface area contributed by atoms with E-state index in [1.165, 1.54) is 0 Å². The molecule has 0 aliphatic heterocycles. The molecule has 0 spiro atoms. The molecule has 0 fully saturated rings. The molecule has 1 heterocycles. The molecule has 1 aromatic heterocycles. The zero-order chi connectivity index (χ0) is 25.8. The van der Waals surface area contributed by atoms with E-state index in [0.29, 0.717) is 23.4 Å². The topological polar surface area (TPSA) is 134 Å². The summed E-state index contributed by atoms with van der Waals surface area (Å²) in [7, 11) is 0. The van der Waals surface area contributed by atoms with Gasteiger partial charge in [0.05, 0.1) is 5.69 Å². The number of nitrogens with one attached hydrogen (secondary N) is 1. The van der Waals surface area contributed by atoms with Gasteiger partial charge in [0.15, 0.2) is 6.23 Å². The Labute approximate surface area is 207 Å². The van der Waals surface area contributed by atoms with Crippen LogP contribution in [0.5, 0.6) is 11.5 Å². The molecule has 0 unspecified atom stereocenters. The SMILES string of the molecule is CC.CC[C@H](CO)[C@@H](O)[C@@H](O)Nc1nc(N)nc(C)c1/C=C/c1cccc(Oc2ccccc2)c1. The first kappa shape index (κ1) is 27.8. The average molecular weight is 481 g/mol. The standard InChI is InChI=1S/C25H30N4O4.C2H6/c1-3-18(15-30)22(31)24(32)28-23-21(16(2)27-25(26)29-23)13-12-17-8-7-11-20(14-17)33-19-9-5-4-6-10-19;1-2/h4-14,18,22,24,30-32H,3,15H2,1-2H3,(H3,26,27,28,29);1-2H3/b13-12+;/t18-,22-,24-;/m1./s1. The number of anilines is 2. The number of hydrogen-bond donors (Lipinski definition) is 5. The second kappa shape index (κ2) is 14.1. The minimum atomic E-state index is -1.34. The van der Waals surface area contributed by atoms with Crippen molar-refractivity contribution >= 4 is 23.9 Å². The normalized spacial score (nSPS) is 13.5. The van der Waals surface area contributed by atoms with Crippen LogP contribution in [0.4, 0.5) is 11.8 Å². The van der Waals surface area contributed by atoms with Crippen molar-refractivity contribution in [3.63, 3.8) is 0 Å². The lowest BCUT2D eigenvalue weighted by atomic mass is 9.99. The van der Waals surface area contributed by atoms with E-state index in [-0.39, 0.29) is 18.4 Å². The zero-order valence-electron chi connectivity index (χ0n) is 20.7. The Balaban J connectivity index is 0.00000210. The van der Waals surface area contributed by atoms with E-state index in [0.717, 1.165) is 11.3 Å². The molecule has 0 bridgehead atoms. The van der Waals surface area contributed by atoms with E-state index < -0.39 is 18.2 Å². The van der Waals surface area contributed by atoms with Gasteiger partial charge in [0.2, 0.25) is 5.95 Å². The van der Waals surface area contributed by atoms with Gasteiger partial charge in [-0.25, -0.2) is 4.98 Å². The lowest BCUT2D eigenvalue weighted by molar-refractivity contribution is -0.0203. The fraction of sp³-hybridized carbons (Fsp3) is 0.333. The molecule has 188 valence electrons. The average Bonchev–Trinajstić information content (AvgIpc) is 2.86. The highest BCUT2D eigenvalue weighted by molar-refractivity contribution is 5.77. The van der Waals surface area contributed by atoms with Crippen LogP contribution in [0.3, 0.4) is 0 Å². The van der Waals surface area contributed by atoms with Gasteiger partial charge in [-0.2, -0.15) is 4.98 Å². The lowest BCUT2D eigenvalue weighted by Gasteiger charge is -2.26. The third-order valence-corrected chi connectivity index (χ3v) is 5.28. The molecule has 2 aromatic carbocycles. The summed E-state index contributed by atoms with van der Waals surface area (Å²) in [6, 6.07) is 17.1. The summed E-state index contributed by atoms with van der Waals surface area (Å²) in [5, 5.41) is 33.0. The molecule has 3 aromatic rings. The first-order valence-electron chi connectivity index (χ1n) is 11.8. The van der Waals surface area contributed by atoms with Crippen LogP contribution in [0.15, 0.2) is 54.6 Å². The van der Waals surface area contributed by atoms with Gasteiger partial charge in [-0.05, 0) is 49.2 Å². The van der Waals surface area contributed by atoms with Crippen molar-refractivity contribution in [1.29, 1.82) is 0 Å². The van der Waals surface area contributed by atoms with Gasteiger partial charge in [-0.15, -0.1) is 0 Å². The Morgan fingerprint density at radius 3 is 2.34 bits per heavy atom. The van der Waals surface area contributed by atoms with Gasteiger partial charge in [0.25, 0.3) is 0 Å². The van der Waals surface area contributed by atoms with Crippen molar-refractivity contribution in [2.75, 3.05) is 17.7 Å². The molecule has 0 saturated carbocycles. The van der Waals surface area contributed by atoms with E-state index in [4.69, 9.17) is 10.5 Å². The summed E-state index contributed by atoms with van der Waals surface area (Å²) < 4.78 is 5.89. The summed E-state index contributed by atoms with van der Waals surface area (Å²) in [4.78, 5) is 8.41. The van der Waals surface area contributed by atoms with Crippen LogP contribution in [-0.4, -0.2) is 44.2 Å². The molecule has 3 atom stereocenters. The summed E-state index contributed by atoms with van der Waals surface area (Å²) in [6.07, 6.45) is 1.66. The lowest BCUT2D eigenvalue weighted by Crippen LogP contribution is -2.40. The van der Waals surface area contributed by atoms with Crippen LogP contribution < -0.4 is 15.8 Å². The van der Waals surface area contributed by atoms with E-state index in [1.54, 1.807) is 13.0 Å². The summed E-state index contributed by atoms with van der Waals surface area (Å²) in [5.41, 5.74) is 7.91. The van der Waals surface area contributed by atoms with Gasteiger partial charge in [0.1, 0.15) is 23.4 Å². The molecule has 0 aliphatic carbocycles. The fourth-order valence-corrected chi connectivity index (χ4v) is 3.36. The number of nitrogens with zero attached hydrogens (tertiary/aromatic N) is 2. The van der Waals surface area contributed by atoms with Crippen LogP contribution in [0.2, 0.25) is 0 Å². The highest BCUT2D eigenvalue weighted by atomic mass is 16.5. The maximum Gasteiger partial charge on any atom is 0.222 e. The summed E-state index contributed by atoms with van der Waals surface area (Å²) in [6.45, 7) is 7.37. The van der Waals surface area contributed by atoms with Crippen molar-refractivity contribution in [3.05, 3.63) is 71.4 Å². The molecular formula is C27H36N4O4. The quantitative estimate of drug-likeness (QED) is 0.269. The van der Waals surface area contributed by atoms with Crippen LogP contribution in [0, 0.1) is 12.8 Å². The van der Waals surface area contributed by atoms with Gasteiger partial charge in [-0.3, -0.25) is 0 Å². The highest BCUT2D eigenvalue weighted by Crippen LogP contribution is 2.25. The maximum absolute atomic E-state index is 10.5. The number of para-hydroxylation sites is 1. The number of aliphatic hydroxyl groups is 3. The van der Waals surface area contributed by atoms with Crippen molar-refractivity contribution in [2.45, 2.75) is 46.4 Å². The van der Waals surface area contributed by atoms with Crippen LogP contribution in [0.1, 0.15) is 44.0 Å². The third-order valence-electron chi connectivity index (χ3n) is 5.28. The van der Waals surface area contributed by atoms with Crippen molar-refractivity contribution in [2.24, 2.45) is 5.92 Å². The number of ether oxygens (including phenoxy) is 1. The smallest absolute Gasteiger partial charge is 0.222 e. The van der Waals surface area contributed by atoms with Crippen molar-refractivity contribution < 1.29 is 20.1 Å². The molecule has 0 saturated heterocycles. The number of nitrogen functional groups attached to an aromatic ring is 1. The number of nitrogens with two attached hydrogens (primary N) is 1. The molecule has 35 heavy (non-hydrogen) atoms. The number of benzene rings is 2. The van der Waals surface area contributed by atoms with Gasteiger partial charge in [0, 0.05) is 18.1 Å². The van der Waals surface area contributed by atoms with Gasteiger partial charge < -0.3 is 31.1 Å². The summed E-state index contributed by atoms with van der Waals surface area (Å²) >= 11 is 0. The van der Waals surface area contributed by atoms with E-state index in [1.807, 2.05) is 81.4 Å². The fourth-order valence-electron chi connectivity index (χ4n) is 3.36. The second-order valence-corrected chi connectivity index (χ2v) is 7.68. The zero-order valence-corrected chi connectivity index (χ0v) is 20.7. The van der Waals surface area contributed by atoms with E-state index in [2.05, 4.69) is 15.3 Å². The molecule has 0 radical (unpaired) electrons. The van der Waals surface area contributed by atoms with E-state index >= 15 is 0 Å². The Kier molecular flexibility index (Phi) is 11.2. The minimum absolute atomic E-state index is 0.0429. The largest absolute Gasteiger partial charge is 0.457 e. The second-order valence-electron chi connectivity index (χ2n) is 7.68. The van der Waals surface area contributed by atoms with Crippen molar-refractivity contribution in [1.82, 2.24) is 9.97 Å². The van der Waals surface area contributed by atoms with Crippen LogP contribution in [-0.2, 0) is 0 Å². The molecule has 0 amide bonds. The Bertz CT molecular complexity index is 1070. The number of aliphatic hydroxyl groups excluding tert-OH is 3. The Morgan fingerprint density at radius 1 is 1.00 bits per heavy atom. The molecule has 6 N–H and O–H groups in total. The van der Waals surface area contributed by atoms with Crippen molar-refractivity contribution in [3.8, 4) is 11.5 Å². The highest BCUT2D eigenvalue weighted by Gasteiger charge is 2.25. The predicted molar refractivity (Wildman–Crippen MR) is 141 cm³/mol. The summed E-state index contributed by atoms with van der Waals surface area (Å²) in [5.74, 6) is 1.29. The Morgan fingerprint density at radius 2 is 1.69 bits per heavy atom. The third kappa shape index (κ3) is 8.06. The first-order valence-corrected chi connectivity index (χ1v) is 11.8. The first-order chi connectivity index (χ1) is 16.9. The number of aromatic nitrogens is 2. The molecule has 3 rings (SSSR count). The molecule has 8 heteroatoms. The minimum Gasteiger partial charge on any atom is -0.457 e.